The van der Waals surface area contributed by atoms with Crippen molar-refractivity contribution in [2.45, 2.75) is 143 Å². The number of aliphatic hydroxyl groups excluding tert-OH is 1. The molecule has 200 valence electrons. The second-order valence-corrected chi connectivity index (χ2v) is 12.0. The van der Waals surface area contributed by atoms with Gasteiger partial charge in [-0.1, -0.05) is 12.8 Å². The molecule has 0 aromatic carbocycles. The lowest BCUT2D eigenvalue weighted by Gasteiger charge is -2.26. The average molecular weight is 488 g/mol. The lowest BCUT2D eigenvalue weighted by Crippen LogP contribution is -2.38. The van der Waals surface area contributed by atoms with Crippen LogP contribution in [0.1, 0.15) is 114 Å². The molecule has 0 bridgehead atoms. The van der Waals surface area contributed by atoms with Crippen molar-refractivity contribution in [2.75, 3.05) is 0 Å². The highest BCUT2D eigenvalue weighted by atomic mass is 16.6. The van der Waals surface area contributed by atoms with Crippen LogP contribution < -0.4 is 5.73 Å². The zero-order chi connectivity index (χ0) is 26.7. The van der Waals surface area contributed by atoms with Crippen molar-refractivity contribution in [1.82, 2.24) is 0 Å². The van der Waals surface area contributed by atoms with Crippen molar-refractivity contribution in [3.05, 3.63) is 0 Å². The van der Waals surface area contributed by atoms with Gasteiger partial charge >= 0.3 is 17.9 Å². The molecule has 8 heteroatoms. The van der Waals surface area contributed by atoms with Crippen molar-refractivity contribution < 1.29 is 33.7 Å². The first kappa shape index (κ1) is 32.3. The molecule has 0 rings (SSSR count). The van der Waals surface area contributed by atoms with E-state index in [4.69, 9.17) is 19.9 Å². The molecule has 0 heterocycles. The topological polar surface area (TPSA) is 125 Å². The summed E-state index contributed by atoms with van der Waals surface area (Å²) in [6, 6.07) is -0.832. The molecule has 0 radical (unpaired) electrons. The molecule has 1 unspecified atom stereocenters. The minimum absolute atomic E-state index is 0.224. The Kier molecular flexibility index (Phi) is 13.3. The zero-order valence-electron chi connectivity index (χ0n) is 22.9. The second-order valence-electron chi connectivity index (χ2n) is 12.0. The van der Waals surface area contributed by atoms with Crippen LogP contribution in [0.4, 0.5) is 0 Å². The third kappa shape index (κ3) is 17.8. The van der Waals surface area contributed by atoms with Crippen LogP contribution in [-0.2, 0) is 28.6 Å². The lowest BCUT2D eigenvalue weighted by molar-refractivity contribution is -0.162. The molecule has 0 aliphatic rings. The Hall–Kier alpha value is -1.67. The molecule has 0 aromatic heterocycles. The molecule has 0 spiro atoms. The maximum Gasteiger partial charge on any atom is 0.323 e. The van der Waals surface area contributed by atoms with Crippen LogP contribution in [0, 0.1) is 5.92 Å². The third-order valence-electron chi connectivity index (χ3n) is 4.67. The molecular formula is C26H49NO7. The van der Waals surface area contributed by atoms with Gasteiger partial charge in [0.15, 0.2) is 0 Å². The Morgan fingerprint density at radius 1 is 0.706 bits per heavy atom. The van der Waals surface area contributed by atoms with Crippen LogP contribution in [0.25, 0.3) is 0 Å². The summed E-state index contributed by atoms with van der Waals surface area (Å²) in [5.74, 6) is -1.56. The Morgan fingerprint density at radius 2 is 1.21 bits per heavy atom. The molecule has 0 aliphatic heterocycles. The van der Waals surface area contributed by atoms with Gasteiger partial charge in [-0.25, -0.2) is 0 Å². The Balaban J connectivity index is 4.72. The number of aliphatic hydroxyl groups is 1. The van der Waals surface area contributed by atoms with Crippen molar-refractivity contribution in [2.24, 2.45) is 11.7 Å². The highest BCUT2D eigenvalue weighted by Crippen LogP contribution is 2.23. The quantitative estimate of drug-likeness (QED) is 0.222. The predicted octanol–water partition coefficient (Wildman–Crippen LogP) is 4.44. The summed E-state index contributed by atoms with van der Waals surface area (Å²) in [5, 5.41) is 10.5. The first-order valence-corrected chi connectivity index (χ1v) is 12.4. The first-order chi connectivity index (χ1) is 15.3. The van der Waals surface area contributed by atoms with Crippen LogP contribution in [0.2, 0.25) is 0 Å². The Labute approximate surface area is 206 Å². The van der Waals surface area contributed by atoms with Gasteiger partial charge in [-0.15, -0.1) is 0 Å². The van der Waals surface area contributed by atoms with Crippen molar-refractivity contribution in [1.29, 1.82) is 0 Å². The van der Waals surface area contributed by atoms with E-state index in [9.17, 15) is 19.5 Å². The smallest absolute Gasteiger partial charge is 0.323 e. The number of unbranched alkanes of at least 4 members (excludes halogenated alkanes) is 2. The number of carbonyl (C=O) groups is 3. The standard InChI is InChI=1S/C26H49NO7/c1-24(2,3)32-21(29)14-12-10-11-13-18(22(30)33-25(4,5)6)17-19(28)15-16-20(27)23(31)34-26(7,8)9/h18-20,28H,10-17,27H2,1-9H3/t18-,19?,20+/m1/s1. The number of hydrogen-bond acceptors (Lipinski definition) is 8. The normalized spacial score (nSPS) is 15.3. The highest BCUT2D eigenvalue weighted by molar-refractivity contribution is 5.75. The van der Waals surface area contributed by atoms with Crippen LogP contribution in [-0.4, -0.2) is 52.0 Å². The highest BCUT2D eigenvalue weighted by Gasteiger charge is 2.28. The molecule has 0 saturated heterocycles. The van der Waals surface area contributed by atoms with Gasteiger partial charge in [0, 0.05) is 6.42 Å². The number of rotatable bonds is 13. The maximum absolute atomic E-state index is 12.7. The van der Waals surface area contributed by atoms with E-state index in [-0.39, 0.29) is 31.2 Å². The van der Waals surface area contributed by atoms with E-state index >= 15 is 0 Å². The summed E-state index contributed by atoms with van der Waals surface area (Å²) in [6.45, 7) is 16.2. The molecule has 0 aliphatic carbocycles. The van der Waals surface area contributed by atoms with Gasteiger partial charge in [-0.3, -0.25) is 14.4 Å². The van der Waals surface area contributed by atoms with Crippen LogP contribution in [0.5, 0.6) is 0 Å². The Bertz CT molecular complexity index is 641. The fraction of sp³-hybridized carbons (Fsp3) is 0.885. The minimum Gasteiger partial charge on any atom is -0.460 e. The van der Waals surface area contributed by atoms with Gasteiger partial charge < -0.3 is 25.1 Å². The Morgan fingerprint density at radius 3 is 1.71 bits per heavy atom. The van der Waals surface area contributed by atoms with Crippen LogP contribution >= 0.6 is 0 Å². The molecular weight excluding hydrogens is 438 g/mol. The molecule has 0 saturated carbocycles. The van der Waals surface area contributed by atoms with Crippen molar-refractivity contribution >= 4 is 17.9 Å². The summed E-state index contributed by atoms with van der Waals surface area (Å²) in [6.07, 6.45) is 2.98. The fourth-order valence-electron chi connectivity index (χ4n) is 3.26. The maximum atomic E-state index is 12.7. The van der Waals surface area contributed by atoms with Crippen LogP contribution in [0.3, 0.4) is 0 Å². The van der Waals surface area contributed by atoms with Crippen LogP contribution in [0.15, 0.2) is 0 Å². The lowest BCUT2D eigenvalue weighted by atomic mass is 9.92. The molecule has 3 N–H and O–H groups in total. The third-order valence-corrected chi connectivity index (χ3v) is 4.67. The first-order valence-electron chi connectivity index (χ1n) is 12.4. The van der Waals surface area contributed by atoms with E-state index < -0.39 is 40.8 Å². The van der Waals surface area contributed by atoms with Gasteiger partial charge in [-0.2, -0.15) is 0 Å². The SMILES string of the molecule is CC(C)(C)OC(=O)CCCCC[C@H](CC(O)CC[C@H](N)C(=O)OC(C)(C)C)C(=O)OC(C)(C)C. The van der Waals surface area contributed by atoms with E-state index in [0.29, 0.717) is 19.3 Å². The summed E-state index contributed by atoms with van der Waals surface area (Å²) in [4.78, 5) is 36.6. The van der Waals surface area contributed by atoms with Crippen molar-refractivity contribution in [3.8, 4) is 0 Å². The fourth-order valence-corrected chi connectivity index (χ4v) is 3.26. The van der Waals surface area contributed by atoms with E-state index in [1.54, 1.807) is 41.5 Å². The van der Waals surface area contributed by atoms with E-state index in [1.807, 2.05) is 20.8 Å². The molecule has 34 heavy (non-hydrogen) atoms. The number of carbonyl (C=O) groups excluding carboxylic acids is 3. The molecule has 0 fully saturated rings. The summed E-state index contributed by atoms with van der Waals surface area (Å²) < 4.78 is 16.1. The van der Waals surface area contributed by atoms with E-state index in [2.05, 4.69) is 0 Å². The number of ether oxygens (including phenoxy) is 3. The molecule has 8 nitrogen and oxygen atoms in total. The predicted molar refractivity (Wildman–Crippen MR) is 132 cm³/mol. The monoisotopic (exact) mass is 487 g/mol. The zero-order valence-corrected chi connectivity index (χ0v) is 22.9. The summed E-state index contributed by atoms with van der Waals surface area (Å²) >= 11 is 0. The second kappa shape index (κ2) is 14.0. The molecule has 3 atom stereocenters. The van der Waals surface area contributed by atoms with Gasteiger partial charge in [0.05, 0.1) is 12.0 Å². The van der Waals surface area contributed by atoms with Crippen molar-refractivity contribution in [3.63, 3.8) is 0 Å². The molecule has 0 aromatic rings. The van der Waals surface area contributed by atoms with Gasteiger partial charge in [-0.05, 0) is 94.4 Å². The van der Waals surface area contributed by atoms with E-state index in [0.717, 1.165) is 12.8 Å². The van der Waals surface area contributed by atoms with Gasteiger partial charge in [0.2, 0.25) is 0 Å². The summed E-state index contributed by atoms with van der Waals surface area (Å²) in [7, 11) is 0. The molecule has 0 amide bonds. The minimum atomic E-state index is -0.832. The average Bonchev–Trinajstić information content (AvgIpc) is 2.60. The number of esters is 3. The van der Waals surface area contributed by atoms with Gasteiger partial charge in [0.1, 0.15) is 22.8 Å². The largest absolute Gasteiger partial charge is 0.460 e. The van der Waals surface area contributed by atoms with Gasteiger partial charge in [0.25, 0.3) is 0 Å². The van der Waals surface area contributed by atoms with E-state index in [1.165, 1.54) is 0 Å². The number of hydrogen-bond donors (Lipinski definition) is 2. The summed E-state index contributed by atoms with van der Waals surface area (Å²) in [5.41, 5.74) is 4.15. The number of nitrogens with two attached hydrogens (primary N) is 1.